The van der Waals surface area contributed by atoms with E-state index in [4.69, 9.17) is 4.74 Å². The predicted octanol–water partition coefficient (Wildman–Crippen LogP) is 3.33. The third kappa shape index (κ3) is 3.67. The number of nitrogens with zero attached hydrogens (tertiary/aromatic N) is 3. The summed E-state index contributed by atoms with van der Waals surface area (Å²) in [5.41, 5.74) is 0.669. The highest BCUT2D eigenvalue weighted by Gasteiger charge is 2.20. The lowest BCUT2D eigenvalue weighted by molar-refractivity contribution is 0.209. The van der Waals surface area contributed by atoms with E-state index in [2.05, 4.69) is 28.6 Å². The Bertz CT molecular complexity index is 672. The van der Waals surface area contributed by atoms with Crippen LogP contribution in [0.25, 0.3) is 10.9 Å². The lowest BCUT2D eigenvalue weighted by Crippen LogP contribution is -2.49. The molecule has 1 aliphatic rings. The van der Waals surface area contributed by atoms with Gasteiger partial charge in [-0.3, -0.25) is 4.90 Å². The minimum absolute atomic E-state index is 0. The Balaban J connectivity index is 0.00000192. The second-order valence-corrected chi connectivity index (χ2v) is 5.97. The van der Waals surface area contributed by atoms with Crippen LogP contribution in [-0.2, 0) is 0 Å². The third-order valence-corrected chi connectivity index (χ3v) is 4.32. The molecule has 23 heavy (non-hydrogen) atoms. The van der Waals surface area contributed by atoms with E-state index in [9.17, 15) is 4.39 Å². The summed E-state index contributed by atoms with van der Waals surface area (Å²) in [6.45, 7) is 8.42. The first-order valence-electron chi connectivity index (χ1n) is 7.72. The van der Waals surface area contributed by atoms with E-state index < -0.39 is 0 Å². The molecule has 1 aliphatic heterocycles. The normalized spacial score (nSPS) is 15.8. The fourth-order valence-electron chi connectivity index (χ4n) is 2.91. The SMILES string of the molecule is COc1cc2ccc(N3CCN(C(C)C)CC3)nc2cc1F.Cl. The van der Waals surface area contributed by atoms with Crippen molar-refractivity contribution in [3.63, 3.8) is 0 Å². The summed E-state index contributed by atoms with van der Waals surface area (Å²) < 4.78 is 18.9. The molecule has 3 rings (SSSR count). The number of methoxy groups -OCH3 is 1. The maximum Gasteiger partial charge on any atom is 0.167 e. The fourth-order valence-corrected chi connectivity index (χ4v) is 2.91. The molecular formula is C17H23ClFN3O. The molecule has 126 valence electrons. The minimum atomic E-state index is -0.371. The Morgan fingerprint density at radius 3 is 2.43 bits per heavy atom. The Morgan fingerprint density at radius 2 is 1.83 bits per heavy atom. The zero-order valence-electron chi connectivity index (χ0n) is 13.8. The van der Waals surface area contributed by atoms with Gasteiger partial charge in [0.05, 0.1) is 12.6 Å². The van der Waals surface area contributed by atoms with Gasteiger partial charge in [-0.25, -0.2) is 9.37 Å². The van der Waals surface area contributed by atoms with Gasteiger partial charge >= 0.3 is 0 Å². The number of fused-ring (bicyclic) bond motifs is 1. The van der Waals surface area contributed by atoms with Crippen molar-refractivity contribution < 1.29 is 9.13 Å². The molecule has 0 saturated carbocycles. The molecule has 1 fully saturated rings. The van der Waals surface area contributed by atoms with E-state index >= 15 is 0 Å². The summed E-state index contributed by atoms with van der Waals surface area (Å²) in [5.74, 6) is 0.803. The Hall–Kier alpha value is -1.59. The van der Waals surface area contributed by atoms with E-state index in [0.29, 0.717) is 11.6 Å². The van der Waals surface area contributed by atoms with Crippen LogP contribution in [0.1, 0.15) is 13.8 Å². The second-order valence-electron chi connectivity index (χ2n) is 5.97. The summed E-state index contributed by atoms with van der Waals surface area (Å²) in [5, 5.41) is 0.891. The maximum atomic E-state index is 13.8. The predicted molar refractivity (Wildman–Crippen MR) is 94.4 cm³/mol. The van der Waals surface area contributed by atoms with Gasteiger partial charge < -0.3 is 9.64 Å². The minimum Gasteiger partial charge on any atom is -0.494 e. The molecule has 2 heterocycles. The van der Waals surface area contributed by atoms with Crippen LogP contribution in [-0.4, -0.2) is 49.2 Å². The van der Waals surface area contributed by atoms with Gasteiger partial charge in [0.1, 0.15) is 5.82 Å². The van der Waals surface area contributed by atoms with E-state index in [1.807, 2.05) is 12.1 Å². The maximum absolute atomic E-state index is 13.8. The quantitative estimate of drug-likeness (QED) is 0.857. The number of hydrogen-bond acceptors (Lipinski definition) is 4. The molecule has 2 aromatic rings. The van der Waals surface area contributed by atoms with Gasteiger partial charge in [0.2, 0.25) is 0 Å². The number of pyridine rings is 1. The molecule has 0 bridgehead atoms. The van der Waals surface area contributed by atoms with Gasteiger partial charge in [-0.15, -0.1) is 12.4 Å². The highest BCUT2D eigenvalue weighted by Crippen LogP contribution is 2.26. The lowest BCUT2D eigenvalue weighted by Gasteiger charge is -2.37. The van der Waals surface area contributed by atoms with Crippen molar-refractivity contribution in [3.05, 3.63) is 30.1 Å². The summed E-state index contributed by atoms with van der Waals surface area (Å²) in [4.78, 5) is 9.34. The van der Waals surface area contributed by atoms with Crippen molar-refractivity contribution in [1.82, 2.24) is 9.88 Å². The van der Waals surface area contributed by atoms with Gasteiger partial charge in [-0.2, -0.15) is 0 Å². The van der Waals surface area contributed by atoms with Crippen LogP contribution >= 0.6 is 12.4 Å². The van der Waals surface area contributed by atoms with Gasteiger partial charge in [-0.1, -0.05) is 0 Å². The van der Waals surface area contributed by atoms with Gasteiger partial charge in [-0.05, 0) is 32.0 Å². The van der Waals surface area contributed by atoms with Gasteiger partial charge in [0.15, 0.2) is 11.6 Å². The monoisotopic (exact) mass is 339 g/mol. The summed E-state index contributed by atoms with van der Waals surface area (Å²) in [6, 6.07) is 7.70. The molecule has 0 aliphatic carbocycles. The topological polar surface area (TPSA) is 28.6 Å². The van der Waals surface area contributed by atoms with Crippen LogP contribution in [0.2, 0.25) is 0 Å². The molecule has 4 nitrogen and oxygen atoms in total. The molecule has 0 N–H and O–H groups in total. The number of benzene rings is 1. The molecule has 1 saturated heterocycles. The highest BCUT2D eigenvalue weighted by molar-refractivity contribution is 5.85. The largest absolute Gasteiger partial charge is 0.494 e. The molecule has 1 aromatic carbocycles. The first kappa shape index (κ1) is 17.8. The highest BCUT2D eigenvalue weighted by atomic mass is 35.5. The van der Waals surface area contributed by atoms with Crippen molar-refractivity contribution in [1.29, 1.82) is 0 Å². The van der Waals surface area contributed by atoms with E-state index in [1.54, 1.807) is 6.07 Å². The van der Waals surface area contributed by atoms with E-state index in [1.165, 1.54) is 13.2 Å². The lowest BCUT2D eigenvalue weighted by atomic mass is 10.2. The van der Waals surface area contributed by atoms with E-state index in [0.717, 1.165) is 37.4 Å². The second kappa shape index (κ2) is 7.32. The molecule has 0 radical (unpaired) electrons. The van der Waals surface area contributed by atoms with Crippen LogP contribution in [0.3, 0.4) is 0 Å². The van der Waals surface area contributed by atoms with Crippen LogP contribution in [0, 0.1) is 5.82 Å². The smallest absolute Gasteiger partial charge is 0.167 e. The standard InChI is InChI=1S/C17H22FN3O.ClH/c1-12(2)20-6-8-21(9-7-20)17-5-4-13-10-16(22-3)14(18)11-15(13)19-17;/h4-5,10-12H,6-9H2,1-3H3;1H. The average Bonchev–Trinajstić information content (AvgIpc) is 2.53. The third-order valence-electron chi connectivity index (χ3n) is 4.32. The molecule has 0 atom stereocenters. The number of hydrogen-bond donors (Lipinski definition) is 0. The zero-order valence-corrected chi connectivity index (χ0v) is 14.6. The molecule has 6 heteroatoms. The first-order chi connectivity index (χ1) is 10.6. The molecule has 0 amide bonds. The Labute approximate surface area is 142 Å². The van der Waals surface area contributed by atoms with Gasteiger partial charge in [0.25, 0.3) is 0 Å². The molecule has 0 spiro atoms. The van der Waals surface area contributed by atoms with Crippen LogP contribution in [0.15, 0.2) is 24.3 Å². The molecule has 1 aromatic heterocycles. The van der Waals surface area contributed by atoms with Crippen molar-refractivity contribution in [2.45, 2.75) is 19.9 Å². The van der Waals surface area contributed by atoms with Crippen molar-refractivity contribution in [2.75, 3.05) is 38.2 Å². The van der Waals surface area contributed by atoms with Crippen LogP contribution in [0.5, 0.6) is 5.75 Å². The number of anilines is 1. The van der Waals surface area contributed by atoms with E-state index in [-0.39, 0.29) is 24.0 Å². The number of rotatable bonds is 3. The molecular weight excluding hydrogens is 317 g/mol. The number of aromatic nitrogens is 1. The fraction of sp³-hybridized carbons (Fsp3) is 0.471. The van der Waals surface area contributed by atoms with Crippen molar-refractivity contribution in [2.24, 2.45) is 0 Å². The summed E-state index contributed by atoms with van der Waals surface area (Å²) in [7, 11) is 1.47. The van der Waals surface area contributed by atoms with Crippen LogP contribution < -0.4 is 9.64 Å². The number of halogens is 2. The van der Waals surface area contributed by atoms with Crippen LogP contribution in [0.4, 0.5) is 10.2 Å². The average molecular weight is 340 g/mol. The zero-order chi connectivity index (χ0) is 15.7. The summed E-state index contributed by atoms with van der Waals surface area (Å²) >= 11 is 0. The summed E-state index contributed by atoms with van der Waals surface area (Å²) in [6.07, 6.45) is 0. The van der Waals surface area contributed by atoms with Gasteiger partial charge in [0, 0.05) is 43.7 Å². The number of ether oxygens (including phenoxy) is 1. The van der Waals surface area contributed by atoms with Crippen molar-refractivity contribution >= 4 is 29.1 Å². The Kier molecular flexibility index (Phi) is 5.65. The Morgan fingerprint density at radius 1 is 1.13 bits per heavy atom. The van der Waals surface area contributed by atoms with Crippen molar-refractivity contribution in [3.8, 4) is 5.75 Å². The number of piperazine rings is 1. The molecule has 0 unspecified atom stereocenters. The first-order valence-corrected chi connectivity index (χ1v) is 7.72.